The number of amides is 1. The van der Waals surface area contributed by atoms with Crippen molar-refractivity contribution in [1.82, 2.24) is 0 Å². The number of carbonyl (C=O) groups excluding carboxylic acids is 2. The molecule has 1 amide bonds. The summed E-state index contributed by atoms with van der Waals surface area (Å²) >= 11 is 1.08. The van der Waals surface area contributed by atoms with Gasteiger partial charge in [0.05, 0.1) is 6.61 Å². The zero-order valence-corrected chi connectivity index (χ0v) is 15.9. The molecule has 0 aliphatic heterocycles. The van der Waals surface area contributed by atoms with Crippen LogP contribution < -0.4 is 5.32 Å². The lowest BCUT2D eigenvalue weighted by Gasteiger charge is -2.13. The summed E-state index contributed by atoms with van der Waals surface area (Å²) in [5, 5.41) is 2.85. The first-order chi connectivity index (χ1) is 13.4. The van der Waals surface area contributed by atoms with E-state index in [1.54, 1.807) is 12.1 Å². The summed E-state index contributed by atoms with van der Waals surface area (Å²) < 4.78 is 38.1. The molecule has 0 bridgehead atoms. The molecular formula is C20H17F2NO4S. The smallest absolute Gasteiger partial charge is 0.349 e. The maximum absolute atomic E-state index is 14.2. The quantitative estimate of drug-likeness (QED) is 0.613. The molecule has 5 nitrogen and oxygen atoms in total. The van der Waals surface area contributed by atoms with Gasteiger partial charge in [-0.3, -0.25) is 4.79 Å². The molecule has 0 aliphatic carbocycles. The van der Waals surface area contributed by atoms with Crippen molar-refractivity contribution in [2.24, 2.45) is 0 Å². The Hall–Kier alpha value is -2.84. The summed E-state index contributed by atoms with van der Waals surface area (Å²) in [5.41, 5.74) is 0.759. The van der Waals surface area contributed by atoms with Gasteiger partial charge in [0.2, 0.25) is 0 Å². The van der Waals surface area contributed by atoms with Crippen molar-refractivity contribution in [3.63, 3.8) is 0 Å². The second-order valence-corrected chi connectivity index (χ2v) is 7.05. The molecule has 3 aromatic rings. The van der Waals surface area contributed by atoms with E-state index in [1.165, 1.54) is 44.4 Å². The molecule has 0 aliphatic rings. The molecule has 1 N–H and O–H groups in total. The van der Waals surface area contributed by atoms with E-state index >= 15 is 0 Å². The molecular weight excluding hydrogens is 388 g/mol. The largest absolute Gasteiger partial charge is 0.448 e. The Balaban J connectivity index is 1.78. The van der Waals surface area contributed by atoms with Crippen molar-refractivity contribution in [2.75, 3.05) is 12.4 Å². The predicted octanol–water partition coefficient (Wildman–Crippen LogP) is 4.51. The van der Waals surface area contributed by atoms with Crippen LogP contribution in [0.1, 0.15) is 22.2 Å². The number of ether oxygens (including phenoxy) is 2. The molecule has 0 fully saturated rings. The number of hydrogen-bond acceptors (Lipinski definition) is 5. The fourth-order valence-electron chi connectivity index (χ4n) is 2.66. The van der Waals surface area contributed by atoms with Crippen LogP contribution in [0.25, 0.3) is 10.1 Å². The highest BCUT2D eigenvalue weighted by Gasteiger charge is 2.25. The second-order valence-electron chi connectivity index (χ2n) is 6.00. The SMILES string of the molecule is COCc1c(C(=O)O[C@@H](C)C(=O)Nc2ccc(F)cc2)sc2cccc(F)c12. The molecule has 0 saturated carbocycles. The topological polar surface area (TPSA) is 64.6 Å². The normalized spacial score (nSPS) is 12.0. The third kappa shape index (κ3) is 4.18. The minimum absolute atomic E-state index is 0.0293. The fourth-order valence-corrected chi connectivity index (χ4v) is 3.76. The van der Waals surface area contributed by atoms with Crippen molar-refractivity contribution in [3.8, 4) is 0 Å². The van der Waals surface area contributed by atoms with E-state index in [9.17, 15) is 18.4 Å². The zero-order valence-electron chi connectivity index (χ0n) is 15.1. The highest BCUT2D eigenvalue weighted by atomic mass is 32.1. The Morgan fingerprint density at radius 3 is 2.54 bits per heavy atom. The minimum Gasteiger partial charge on any atom is -0.448 e. The van der Waals surface area contributed by atoms with E-state index in [4.69, 9.17) is 9.47 Å². The number of fused-ring (bicyclic) bond motifs is 1. The highest BCUT2D eigenvalue weighted by Crippen LogP contribution is 2.34. The first-order valence-corrected chi connectivity index (χ1v) is 9.18. The molecule has 3 rings (SSSR count). The van der Waals surface area contributed by atoms with Crippen LogP contribution in [0.15, 0.2) is 42.5 Å². The second kappa shape index (κ2) is 8.45. The molecule has 0 unspecified atom stereocenters. The number of thiophene rings is 1. The molecule has 1 heterocycles. The number of nitrogens with one attached hydrogen (secondary N) is 1. The molecule has 0 radical (unpaired) electrons. The molecule has 0 saturated heterocycles. The number of benzene rings is 2. The van der Waals surface area contributed by atoms with E-state index in [0.29, 0.717) is 21.3 Å². The van der Waals surface area contributed by atoms with Gasteiger partial charge < -0.3 is 14.8 Å². The van der Waals surface area contributed by atoms with Crippen LogP contribution in [-0.2, 0) is 20.9 Å². The average molecular weight is 405 g/mol. The van der Waals surface area contributed by atoms with E-state index in [-0.39, 0.29) is 11.5 Å². The summed E-state index contributed by atoms with van der Waals surface area (Å²) in [6.45, 7) is 1.45. The summed E-state index contributed by atoms with van der Waals surface area (Å²) in [6, 6.07) is 9.76. The monoisotopic (exact) mass is 405 g/mol. The number of carbonyl (C=O) groups is 2. The predicted molar refractivity (Wildman–Crippen MR) is 102 cm³/mol. The molecule has 146 valence electrons. The standard InChI is InChI=1S/C20H17F2NO4S/c1-11(19(24)23-13-8-6-12(21)7-9-13)27-20(25)18-14(10-26-2)17-15(22)4-3-5-16(17)28-18/h3-9,11H,10H2,1-2H3,(H,23,24)/t11-/m0/s1. The van der Waals surface area contributed by atoms with Crippen LogP contribution in [0.2, 0.25) is 0 Å². The van der Waals surface area contributed by atoms with Crippen LogP contribution in [0, 0.1) is 11.6 Å². The van der Waals surface area contributed by atoms with Gasteiger partial charge in [-0.2, -0.15) is 0 Å². The molecule has 0 spiro atoms. The van der Waals surface area contributed by atoms with Gasteiger partial charge in [0.1, 0.15) is 16.5 Å². The van der Waals surface area contributed by atoms with Crippen molar-refractivity contribution >= 4 is 39.0 Å². The lowest BCUT2D eigenvalue weighted by atomic mass is 10.1. The first kappa shape index (κ1) is 19.9. The van der Waals surface area contributed by atoms with Crippen LogP contribution in [0.3, 0.4) is 0 Å². The summed E-state index contributed by atoms with van der Waals surface area (Å²) in [4.78, 5) is 25.0. The van der Waals surface area contributed by atoms with Gasteiger partial charge in [-0.05, 0) is 43.3 Å². The van der Waals surface area contributed by atoms with Crippen LogP contribution in [-0.4, -0.2) is 25.1 Å². The van der Waals surface area contributed by atoms with Crippen molar-refractivity contribution < 1.29 is 27.8 Å². The van der Waals surface area contributed by atoms with E-state index in [0.717, 1.165) is 11.3 Å². The van der Waals surface area contributed by atoms with Crippen molar-refractivity contribution in [2.45, 2.75) is 19.6 Å². The number of methoxy groups -OCH3 is 1. The number of esters is 1. The number of halogens is 2. The number of rotatable bonds is 6. The maximum Gasteiger partial charge on any atom is 0.349 e. The molecule has 2 aromatic carbocycles. The Morgan fingerprint density at radius 1 is 1.14 bits per heavy atom. The average Bonchev–Trinajstić information content (AvgIpc) is 3.04. The third-order valence-corrected chi connectivity index (χ3v) is 5.18. The van der Waals surface area contributed by atoms with Crippen molar-refractivity contribution in [3.05, 3.63) is 64.5 Å². The van der Waals surface area contributed by atoms with Gasteiger partial charge in [-0.1, -0.05) is 6.07 Å². The van der Waals surface area contributed by atoms with Gasteiger partial charge in [-0.25, -0.2) is 13.6 Å². The minimum atomic E-state index is -1.11. The summed E-state index contributed by atoms with van der Waals surface area (Å²) in [7, 11) is 1.44. The third-order valence-electron chi connectivity index (χ3n) is 4.00. The Bertz CT molecular complexity index is 1020. The van der Waals surface area contributed by atoms with Crippen molar-refractivity contribution in [1.29, 1.82) is 0 Å². The van der Waals surface area contributed by atoms with Crippen LogP contribution in [0.5, 0.6) is 0 Å². The lowest BCUT2D eigenvalue weighted by molar-refractivity contribution is -0.123. The Kier molecular flexibility index (Phi) is 6.01. The van der Waals surface area contributed by atoms with E-state index in [2.05, 4.69) is 5.32 Å². The summed E-state index contributed by atoms with van der Waals surface area (Å²) in [5.74, 6) is -2.20. The molecule has 1 aromatic heterocycles. The zero-order chi connectivity index (χ0) is 20.3. The van der Waals surface area contributed by atoms with E-state index in [1.807, 2.05) is 0 Å². The number of anilines is 1. The van der Waals surface area contributed by atoms with Gasteiger partial charge >= 0.3 is 5.97 Å². The van der Waals surface area contributed by atoms with Gasteiger partial charge in [0, 0.05) is 28.4 Å². The van der Waals surface area contributed by atoms with Crippen LogP contribution >= 0.6 is 11.3 Å². The Labute approximate surface area is 163 Å². The first-order valence-electron chi connectivity index (χ1n) is 8.37. The summed E-state index contributed by atoms with van der Waals surface area (Å²) in [6.07, 6.45) is -1.11. The maximum atomic E-state index is 14.2. The molecule has 8 heteroatoms. The van der Waals surface area contributed by atoms with E-state index < -0.39 is 29.6 Å². The molecule has 28 heavy (non-hydrogen) atoms. The Morgan fingerprint density at radius 2 is 1.86 bits per heavy atom. The van der Waals surface area contributed by atoms with Gasteiger partial charge in [0.15, 0.2) is 6.10 Å². The van der Waals surface area contributed by atoms with Crippen LogP contribution in [0.4, 0.5) is 14.5 Å². The van der Waals surface area contributed by atoms with Gasteiger partial charge in [-0.15, -0.1) is 11.3 Å². The highest BCUT2D eigenvalue weighted by molar-refractivity contribution is 7.21. The van der Waals surface area contributed by atoms with Gasteiger partial charge in [0.25, 0.3) is 5.91 Å². The lowest BCUT2D eigenvalue weighted by Crippen LogP contribution is -2.30. The number of hydrogen-bond donors (Lipinski definition) is 1. The fraction of sp³-hybridized carbons (Fsp3) is 0.200. The molecule has 1 atom stereocenters.